The van der Waals surface area contributed by atoms with Gasteiger partial charge in [-0.15, -0.1) is 0 Å². The number of benzene rings is 1. The summed E-state index contributed by atoms with van der Waals surface area (Å²) in [7, 11) is 3.44. The van der Waals surface area contributed by atoms with E-state index in [1.807, 2.05) is 5.01 Å². The Bertz CT molecular complexity index is 513. The first kappa shape index (κ1) is 15.3. The minimum Gasteiger partial charge on any atom is -0.465 e. The van der Waals surface area contributed by atoms with Gasteiger partial charge in [0.25, 0.3) is 0 Å². The van der Waals surface area contributed by atoms with Gasteiger partial charge in [0, 0.05) is 0 Å². The van der Waals surface area contributed by atoms with Crippen molar-refractivity contribution in [3.05, 3.63) is 29.8 Å². The SMILES string of the molecule is COC(=O)c1ccccc1NC(=O)NN1CC[NH+](C)CC1. The Morgan fingerprint density at radius 1 is 1.24 bits per heavy atom. The van der Waals surface area contributed by atoms with E-state index in [0.29, 0.717) is 11.3 Å². The normalized spacial score (nSPS) is 16.3. The van der Waals surface area contributed by atoms with Crippen LogP contribution in [0.1, 0.15) is 10.4 Å². The summed E-state index contributed by atoms with van der Waals surface area (Å²) in [6, 6.07) is 6.39. The molecule has 7 nitrogen and oxygen atoms in total. The molecule has 0 aliphatic carbocycles. The molecule has 0 atom stereocenters. The number of hydrazine groups is 1. The van der Waals surface area contributed by atoms with E-state index < -0.39 is 5.97 Å². The molecule has 1 heterocycles. The minimum atomic E-state index is -0.478. The van der Waals surface area contributed by atoms with Crippen LogP contribution in [0.2, 0.25) is 0 Å². The highest BCUT2D eigenvalue weighted by molar-refractivity contribution is 6.00. The smallest absolute Gasteiger partial charge is 0.339 e. The van der Waals surface area contributed by atoms with Crippen molar-refractivity contribution in [3.8, 4) is 0 Å². The number of piperazine rings is 1. The Morgan fingerprint density at radius 2 is 1.90 bits per heavy atom. The summed E-state index contributed by atoms with van der Waals surface area (Å²) in [5.41, 5.74) is 3.55. The fraction of sp³-hybridized carbons (Fsp3) is 0.429. The largest absolute Gasteiger partial charge is 0.465 e. The van der Waals surface area contributed by atoms with E-state index in [9.17, 15) is 9.59 Å². The molecule has 2 rings (SSSR count). The van der Waals surface area contributed by atoms with Gasteiger partial charge in [-0.25, -0.2) is 14.6 Å². The predicted octanol–water partition coefficient (Wildman–Crippen LogP) is -0.660. The van der Waals surface area contributed by atoms with Gasteiger partial charge in [-0.1, -0.05) is 12.1 Å². The van der Waals surface area contributed by atoms with Gasteiger partial charge in [0.2, 0.25) is 0 Å². The number of hydrogen-bond donors (Lipinski definition) is 3. The molecule has 0 saturated carbocycles. The lowest BCUT2D eigenvalue weighted by molar-refractivity contribution is -0.884. The summed E-state index contributed by atoms with van der Waals surface area (Å²) in [5, 5.41) is 4.56. The van der Waals surface area contributed by atoms with Gasteiger partial charge in [-0.05, 0) is 12.1 Å². The summed E-state index contributed by atoms with van der Waals surface area (Å²) in [4.78, 5) is 25.1. The Kier molecular flexibility index (Phi) is 5.13. The predicted molar refractivity (Wildman–Crippen MR) is 78.1 cm³/mol. The highest BCUT2D eigenvalue weighted by Gasteiger charge is 2.19. The number of para-hydroxylation sites is 1. The quantitative estimate of drug-likeness (QED) is 0.647. The van der Waals surface area contributed by atoms with Crippen molar-refractivity contribution in [2.45, 2.75) is 0 Å². The van der Waals surface area contributed by atoms with Crippen LogP contribution in [0, 0.1) is 0 Å². The standard InChI is InChI=1S/C14H20N4O3/c1-17-7-9-18(10-8-17)16-14(20)15-12-6-4-3-5-11(12)13(19)21-2/h3-6H,7-10H2,1-2H3,(H2,15,16,20)/p+1. The van der Waals surface area contributed by atoms with Crippen LogP contribution in [-0.2, 0) is 4.74 Å². The van der Waals surface area contributed by atoms with Crippen molar-refractivity contribution in [2.24, 2.45) is 0 Å². The number of hydrogen-bond acceptors (Lipinski definition) is 4. The summed E-state index contributed by atoms with van der Waals surface area (Å²) >= 11 is 0. The van der Waals surface area contributed by atoms with E-state index in [-0.39, 0.29) is 6.03 Å². The second-order valence-electron chi connectivity index (χ2n) is 5.05. The van der Waals surface area contributed by atoms with Gasteiger partial charge >= 0.3 is 12.0 Å². The molecule has 114 valence electrons. The maximum Gasteiger partial charge on any atom is 0.339 e. The number of ether oxygens (including phenoxy) is 1. The zero-order valence-electron chi connectivity index (χ0n) is 12.3. The van der Waals surface area contributed by atoms with Crippen LogP contribution in [-0.4, -0.2) is 57.3 Å². The monoisotopic (exact) mass is 293 g/mol. The van der Waals surface area contributed by atoms with Gasteiger partial charge in [0.15, 0.2) is 0 Å². The number of carbonyl (C=O) groups is 2. The Morgan fingerprint density at radius 3 is 2.57 bits per heavy atom. The van der Waals surface area contributed by atoms with Crippen LogP contribution >= 0.6 is 0 Å². The van der Waals surface area contributed by atoms with E-state index in [4.69, 9.17) is 4.74 Å². The number of rotatable bonds is 3. The lowest BCUT2D eigenvalue weighted by Gasteiger charge is -2.30. The van der Waals surface area contributed by atoms with Crippen molar-refractivity contribution in [2.75, 3.05) is 45.7 Å². The topological polar surface area (TPSA) is 75.1 Å². The van der Waals surface area contributed by atoms with Crippen molar-refractivity contribution >= 4 is 17.7 Å². The number of urea groups is 1. The van der Waals surface area contributed by atoms with E-state index in [2.05, 4.69) is 17.8 Å². The van der Waals surface area contributed by atoms with Crippen LogP contribution in [0.15, 0.2) is 24.3 Å². The molecular formula is C14H21N4O3+. The van der Waals surface area contributed by atoms with Gasteiger partial charge in [-0.2, -0.15) is 0 Å². The Hall–Kier alpha value is -2.12. The average molecular weight is 293 g/mol. The maximum absolute atomic E-state index is 12.0. The molecular weight excluding hydrogens is 272 g/mol. The number of likely N-dealkylation sites (N-methyl/N-ethyl adjacent to an activating group) is 1. The third-order valence-corrected chi connectivity index (χ3v) is 3.46. The van der Waals surface area contributed by atoms with Crippen molar-refractivity contribution in [1.82, 2.24) is 10.4 Å². The molecule has 1 aliphatic rings. The highest BCUT2D eigenvalue weighted by Crippen LogP contribution is 2.15. The first-order valence-electron chi connectivity index (χ1n) is 6.91. The Labute approximate surface area is 123 Å². The molecule has 1 aromatic rings. The number of carbonyl (C=O) groups excluding carboxylic acids is 2. The molecule has 0 spiro atoms. The molecule has 1 aliphatic heterocycles. The summed E-state index contributed by atoms with van der Waals surface area (Å²) in [5.74, 6) is -0.478. The summed E-state index contributed by atoms with van der Waals surface area (Å²) in [6.45, 7) is 3.58. The molecule has 3 N–H and O–H groups in total. The number of quaternary nitrogens is 1. The zero-order valence-corrected chi connectivity index (χ0v) is 12.3. The van der Waals surface area contributed by atoms with Gasteiger partial charge in [0.1, 0.15) is 0 Å². The fourth-order valence-corrected chi connectivity index (χ4v) is 2.17. The number of nitrogens with one attached hydrogen (secondary N) is 3. The average Bonchev–Trinajstić information content (AvgIpc) is 2.49. The fourth-order valence-electron chi connectivity index (χ4n) is 2.17. The minimum absolute atomic E-state index is 0.331. The van der Waals surface area contributed by atoms with E-state index in [0.717, 1.165) is 26.2 Å². The zero-order chi connectivity index (χ0) is 15.2. The van der Waals surface area contributed by atoms with Crippen LogP contribution in [0.3, 0.4) is 0 Å². The lowest BCUT2D eigenvalue weighted by Crippen LogP contribution is -3.12. The molecule has 0 aromatic heterocycles. The highest BCUT2D eigenvalue weighted by atomic mass is 16.5. The number of amides is 2. The van der Waals surface area contributed by atoms with Gasteiger partial charge in [-0.3, -0.25) is 5.43 Å². The number of methoxy groups -OCH3 is 1. The van der Waals surface area contributed by atoms with Crippen LogP contribution in [0.5, 0.6) is 0 Å². The lowest BCUT2D eigenvalue weighted by atomic mass is 10.2. The van der Waals surface area contributed by atoms with Crippen LogP contribution in [0.4, 0.5) is 10.5 Å². The second kappa shape index (κ2) is 7.05. The number of esters is 1. The van der Waals surface area contributed by atoms with Crippen molar-refractivity contribution in [3.63, 3.8) is 0 Å². The van der Waals surface area contributed by atoms with Gasteiger partial charge < -0.3 is 15.0 Å². The van der Waals surface area contributed by atoms with E-state index in [1.54, 1.807) is 24.3 Å². The molecule has 0 unspecified atom stereocenters. The molecule has 21 heavy (non-hydrogen) atoms. The Balaban J connectivity index is 1.95. The van der Waals surface area contributed by atoms with E-state index >= 15 is 0 Å². The molecule has 1 saturated heterocycles. The molecule has 0 bridgehead atoms. The maximum atomic E-state index is 12.0. The van der Waals surface area contributed by atoms with Gasteiger partial charge in [0.05, 0.1) is 51.6 Å². The first-order valence-corrected chi connectivity index (χ1v) is 6.91. The molecule has 7 heteroatoms. The first-order chi connectivity index (χ1) is 10.1. The van der Waals surface area contributed by atoms with Crippen LogP contribution < -0.4 is 15.6 Å². The molecule has 2 amide bonds. The molecule has 1 fully saturated rings. The number of anilines is 1. The third-order valence-electron chi connectivity index (χ3n) is 3.46. The second-order valence-corrected chi connectivity index (χ2v) is 5.05. The van der Waals surface area contributed by atoms with Crippen molar-refractivity contribution in [1.29, 1.82) is 0 Å². The summed E-state index contributed by atoms with van der Waals surface area (Å²) in [6.07, 6.45) is 0. The van der Waals surface area contributed by atoms with E-state index in [1.165, 1.54) is 12.0 Å². The number of nitrogens with zero attached hydrogens (tertiary/aromatic N) is 1. The molecule has 0 radical (unpaired) electrons. The molecule has 1 aromatic carbocycles. The van der Waals surface area contributed by atoms with Crippen LogP contribution in [0.25, 0.3) is 0 Å². The third kappa shape index (κ3) is 4.17. The summed E-state index contributed by atoms with van der Waals surface area (Å²) < 4.78 is 4.70. The van der Waals surface area contributed by atoms with Crippen molar-refractivity contribution < 1.29 is 19.2 Å².